The number of nitrogens with zero attached hydrogens (tertiary/aromatic N) is 1. The van der Waals surface area contributed by atoms with Gasteiger partial charge in [0.15, 0.2) is 0 Å². The highest BCUT2D eigenvalue weighted by Crippen LogP contribution is 2.29. The predicted molar refractivity (Wildman–Crippen MR) is 36.8 cm³/mol. The second-order valence-electron chi connectivity index (χ2n) is 1.83. The van der Waals surface area contributed by atoms with E-state index in [9.17, 15) is 10.1 Å². The Hall–Kier alpha value is -0.510. The van der Waals surface area contributed by atoms with Gasteiger partial charge < -0.3 is 0 Å². The SMILES string of the molecule is O=[N+]([O-])C=C1CCCS1. The zero-order chi connectivity index (χ0) is 6.69. The van der Waals surface area contributed by atoms with Crippen LogP contribution in [0.3, 0.4) is 0 Å². The molecule has 0 N–H and O–H groups in total. The van der Waals surface area contributed by atoms with E-state index in [1.165, 1.54) is 0 Å². The van der Waals surface area contributed by atoms with Gasteiger partial charge in [-0.05, 0) is 18.6 Å². The average molecular weight is 145 g/mol. The molecule has 1 aliphatic heterocycles. The van der Waals surface area contributed by atoms with Crippen LogP contribution < -0.4 is 0 Å². The molecule has 9 heavy (non-hydrogen) atoms. The molecule has 0 aromatic carbocycles. The fraction of sp³-hybridized carbons (Fsp3) is 0.600. The number of allylic oxidation sites excluding steroid dienone is 1. The van der Waals surface area contributed by atoms with E-state index in [4.69, 9.17) is 0 Å². The molecular formula is C5H7NO2S. The molecule has 0 aromatic heterocycles. The number of hydrogen-bond acceptors (Lipinski definition) is 3. The van der Waals surface area contributed by atoms with Gasteiger partial charge in [-0.2, -0.15) is 0 Å². The minimum Gasteiger partial charge on any atom is -0.259 e. The van der Waals surface area contributed by atoms with Crippen LogP contribution in [-0.2, 0) is 0 Å². The van der Waals surface area contributed by atoms with Crippen LogP contribution >= 0.6 is 11.8 Å². The lowest BCUT2D eigenvalue weighted by Crippen LogP contribution is -1.84. The summed E-state index contributed by atoms with van der Waals surface area (Å²) in [7, 11) is 0. The molecule has 3 nitrogen and oxygen atoms in total. The first-order chi connectivity index (χ1) is 4.29. The zero-order valence-electron chi connectivity index (χ0n) is 4.87. The molecule has 0 aromatic rings. The number of hydrogen-bond donors (Lipinski definition) is 0. The molecule has 0 aliphatic carbocycles. The minimum absolute atomic E-state index is 0.381. The quantitative estimate of drug-likeness (QED) is 0.416. The molecule has 0 unspecified atom stereocenters. The molecule has 1 saturated heterocycles. The van der Waals surface area contributed by atoms with Crippen LogP contribution in [0.4, 0.5) is 0 Å². The van der Waals surface area contributed by atoms with Gasteiger partial charge in [0.2, 0.25) is 6.20 Å². The fourth-order valence-electron chi connectivity index (χ4n) is 0.741. The Bertz CT molecular complexity index is 147. The second kappa shape index (κ2) is 2.87. The van der Waals surface area contributed by atoms with E-state index in [1.54, 1.807) is 11.8 Å². The maximum Gasteiger partial charge on any atom is 0.243 e. The van der Waals surface area contributed by atoms with Crippen molar-refractivity contribution in [1.82, 2.24) is 0 Å². The molecule has 0 saturated carbocycles. The van der Waals surface area contributed by atoms with Crippen molar-refractivity contribution in [2.75, 3.05) is 5.75 Å². The average Bonchev–Trinajstić information content (AvgIpc) is 2.15. The van der Waals surface area contributed by atoms with Crippen LogP contribution in [0, 0.1) is 10.1 Å². The summed E-state index contributed by atoms with van der Waals surface area (Å²) in [4.78, 5) is 10.4. The van der Waals surface area contributed by atoms with Gasteiger partial charge in [0, 0.05) is 0 Å². The van der Waals surface area contributed by atoms with Crippen LogP contribution in [-0.4, -0.2) is 10.7 Å². The maximum absolute atomic E-state index is 9.87. The Balaban J connectivity index is 2.49. The third-order valence-electron chi connectivity index (χ3n) is 1.10. The molecular weight excluding hydrogens is 138 g/mol. The van der Waals surface area contributed by atoms with Crippen molar-refractivity contribution >= 4 is 11.8 Å². The van der Waals surface area contributed by atoms with Gasteiger partial charge in [-0.3, -0.25) is 10.1 Å². The Morgan fingerprint density at radius 2 is 2.56 bits per heavy atom. The third kappa shape index (κ3) is 2.05. The topological polar surface area (TPSA) is 43.1 Å². The summed E-state index contributed by atoms with van der Waals surface area (Å²) in [6.07, 6.45) is 3.09. The molecule has 0 atom stereocenters. The minimum atomic E-state index is -0.381. The molecule has 1 fully saturated rings. The van der Waals surface area contributed by atoms with Crippen LogP contribution in [0.1, 0.15) is 12.8 Å². The van der Waals surface area contributed by atoms with Gasteiger partial charge in [-0.25, -0.2) is 0 Å². The van der Waals surface area contributed by atoms with E-state index in [0.717, 1.165) is 29.7 Å². The summed E-state index contributed by atoms with van der Waals surface area (Å²) < 4.78 is 0. The van der Waals surface area contributed by atoms with E-state index in [2.05, 4.69) is 0 Å². The van der Waals surface area contributed by atoms with Crippen molar-refractivity contribution in [1.29, 1.82) is 0 Å². The lowest BCUT2D eigenvalue weighted by molar-refractivity contribution is -0.403. The number of rotatable bonds is 1. The Kier molecular flexibility index (Phi) is 2.10. The van der Waals surface area contributed by atoms with E-state index >= 15 is 0 Å². The van der Waals surface area contributed by atoms with Gasteiger partial charge >= 0.3 is 0 Å². The van der Waals surface area contributed by atoms with Gasteiger partial charge in [0.1, 0.15) is 0 Å². The Morgan fingerprint density at radius 3 is 3.00 bits per heavy atom. The lowest BCUT2D eigenvalue weighted by atomic mass is 10.3. The van der Waals surface area contributed by atoms with E-state index in [-0.39, 0.29) is 4.92 Å². The first-order valence-electron chi connectivity index (χ1n) is 2.76. The van der Waals surface area contributed by atoms with Crippen LogP contribution in [0.15, 0.2) is 11.1 Å². The van der Waals surface area contributed by atoms with Crippen molar-refractivity contribution in [3.63, 3.8) is 0 Å². The summed E-state index contributed by atoms with van der Waals surface area (Å²) in [6.45, 7) is 0. The Labute approximate surface area is 57.3 Å². The first kappa shape index (κ1) is 6.61. The summed E-state index contributed by atoms with van der Waals surface area (Å²) in [6, 6.07) is 0. The van der Waals surface area contributed by atoms with Crippen molar-refractivity contribution in [2.45, 2.75) is 12.8 Å². The van der Waals surface area contributed by atoms with Gasteiger partial charge in [-0.1, -0.05) is 0 Å². The molecule has 0 radical (unpaired) electrons. The fourth-order valence-corrected chi connectivity index (χ4v) is 1.74. The summed E-state index contributed by atoms with van der Waals surface area (Å²) in [5.74, 6) is 1.04. The number of thioether (sulfide) groups is 1. The predicted octanol–water partition coefficient (Wildman–Crippen LogP) is 1.63. The van der Waals surface area contributed by atoms with Crippen LogP contribution in [0.2, 0.25) is 0 Å². The van der Waals surface area contributed by atoms with Gasteiger partial charge in [0.05, 0.1) is 9.83 Å². The smallest absolute Gasteiger partial charge is 0.243 e. The molecule has 4 heteroatoms. The standard InChI is InChI=1S/C5H7NO2S/c7-6(8)4-5-2-1-3-9-5/h4H,1-3H2. The molecule has 1 rings (SSSR count). The van der Waals surface area contributed by atoms with Crippen molar-refractivity contribution < 1.29 is 4.92 Å². The van der Waals surface area contributed by atoms with Crippen LogP contribution in [0.5, 0.6) is 0 Å². The normalized spacial score (nSPS) is 22.9. The highest BCUT2D eigenvalue weighted by Gasteiger charge is 2.09. The maximum atomic E-state index is 9.87. The molecule has 0 bridgehead atoms. The molecule has 1 heterocycles. The highest BCUT2D eigenvalue weighted by atomic mass is 32.2. The van der Waals surface area contributed by atoms with Crippen molar-refractivity contribution in [2.24, 2.45) is 0 Å². The van der Waals surface area contributed by atoms with Gasteiger partial charge in [-0.15, -0.1) is 11.8 Å². The molecule has 0 spiro atoms. The molecule has 0 amide bonds. The van der Waals surface area contributed by atoms with Gasteiger partial charge in [0.25, 0.3) is 0 Å². The molecule has 1 aliphatic rings. The van der Waals surface area contributed by atoms with E-state index in [1.807, 2.05) is 0 Å². The summed E-state index contributed by atoms with van der Waals surface area (Å²) in [5.41, 5.74) is 0. The third-order valence-corrected chi connectivity index (χ3v) is 2.28. The van der Waals surface area contributed by atoms with Crippen molar-refractivity contribution in [3.05, 3.63) is 21.2 Å². The molecule has 50 valence electrons. The van der Waals surface area contributed by atoms with E-state index < -0.39 is 0 Å². The summed E-state index contributed by atoms with van der Waals surface area (Å²) >= 11 is 1.59. The zero-order valence-corrected chi connectivity index (χ0v) is 5.69. The first-order valence-corrected chi connectivity index (χ1v) is 3.74. The highest BCUT2D eigenvalue weighted by molar-refractivity contribution is 8.03. The Morgan fingerprint density at radius 1 is 1.78 bits per heavy atom. The summed E-state index contributed by atoms with van der Waals surface area (Å²) in [5, 5.41) is 9.87. The largest absolute Gasteiger partial charge is 0.259 e. The monoisotopic (exact) mass is 145 g/mol. The van der Waals surface area contributed by atoms with Crippen molar-refractivity contribution in [3.8, 4) is 0 Å². The lowest BCUT2D eigenvalue weighted by Gasteiger charge is -1.84. The van der Waals surface area contributed by atoms with Crippen LogP contribution in [0.25, 0.3) is 0 Å². The number of nitro groups is 1. The van der Waals surface area contributed by atoms with E-state index in [0.29, 0.717) is 0 Å². The second-order valence-corrected chi connectivity index (χ2v) is 3.05.